The Bertz CT molecular complexity index is 1530. The van der Waals surface area contributed by atoms with Crippen LogP contribution in [0, 0.1) is 11.3 Å². The summed E-state index contributed by atoms with van der Waals surface area (Å²) in [5.41, 5.74) is 8.35. The summed E-state index contributed by atoms with van der Waals surface area (Å²) in [5, 5.41) is 12.6. The molecule has 1 heterocycles. The standard InChI is InChI=1S/C28H18Cl2N2O3/c29-22-9-4-10-23(30)27(22)26-20-12-11-18(14-24(20)35-28(32)21(26)15-31)34-25(33)13-17-7-3-6-16-5-1-2-8-19(16)17/h1-12,14,26H,13,32H2. The fourth-order valence-electron chi connectivity index (χ4n) is 4.35. The highest BCUT2D eigenvalue weighted by atomic mass is 35.5. The molecule has 0 saturated carbocycles. The van der Waals surface area contributed by atoms with Gasteiger partial charge in [0.15, 0.2) is 0 Å². The zero-order valence-corrected chi connectivity index (χ0v) is 19.8. The van der Waals surface area contributed by atoms with Gasteiger partial charge in [0, 0.05) is 27.2 Å². The average Bonchev–Trinajstić information content (AvgIpc) is 2.84. The third-order valence-corrected chi connectivity index (χ3v) is 6.58. The lowest BCUT2D eigenvalue weighted by molar-refractivity contribution is -0.133. The number of nitriles is 1. The van der Waals surface area contributed by atoms with Crippen molar-refractivity contribution >= 4 is 39.9 Å². The first-order valence-electron chi connectivity index (χ1n) is 10.8. The smallest absolute Gasteiger partial charge is 0.315 e. The maximum atomic E-state index is 12.8. The minimum Gasteiger partial charge on any atom is -0.440 e. The molecule has 35 heavy (non-hydrogen) atoms. The number of nitrogens with two attached hydrogens (primary N) is 1. The summed E-state index contributed by atoms with van der Waals surface area (Å²) >= 11 is 12.9. The molecule has 4 aromatic rings. The molecule has 0 amide bonds. The van der Waals surface area contributed by atoms with Crippen LogP contribution in [-0.2, 0) is 11.2 Å². The molecule has 0 radical (unpaired) electrons. The van der Waals surface area contributed by atoms with Crippen LogP contribution >= 0.6 is 23.2 Å². The van der Waals surface area contributed by atoms with Crippen molar-refractivity contribution in [3.8, 4) is 17.6 Å². The first kappa shape index (κ1) is 22.8. The Hall–Kier alpha value is -3.98. The molecule has 5 nitrogen and oxygen atoms in total. The molecule has 7 heteroatoms. The molecule has 0 bridgehead atoms. The normalized spacial score (nSPS) is 14.7. The number of hydrogen-bond donors (Lipinski definition) is 1. The Balaban J connectivity index is 1.46. The number of benzene rings is 4. The van der Waals surface area contributed by atoms with Gasteiger partial charge in [0.2, 0.25) is 5.88 Å². The van der Waals surface area contributed by atoms with Crippen molar-refractivity contribution in [2.45, 2.75) is 12.3 Å². The van der Waals surface area contributed by atoms with E-state index >= 15 is 0 Å². The number of fused-ring (bicyclic) bond motifs is 2. The lowest BCUT2D eigenvalue weighted by atomic mass is 9.83. The summed E-state index contributed by atoms with van der Waals surface area (Å²) in [6.07, 6.45) is 0.109. The number of carbonyl (C=O) groups is 1. The number of hydrogen-bond acceptors (Lipinski definition) is 5. The lowest BCUT2D eigenvalue weighted by Crippen LogP contribution is -2.21. The van der Waals surface area contributed by atoms with Gasteiger partial charge in [-0.05, 0) is 34.5 Å². The van der Waals surface area contributed by atoms with Gasteiger partial charge in [-0.3, -0.25) is 4.79 Å². The molecule has 0 aliphatic carbocycles. The molecule has 0 fully saturated rings. The van der Waals surface area contributed by atoms with Gasteiger partial charge >= 0.3 is 5.97 Å². The lowest BCUT2D eigenvalue weighted by Gasteiger charge is -2.27. The molecular weight excluding hydrogens is 483 g/mol. The van der Waals surface area contributed by atoms with Crippen LogP contribution in [0.2, 0.25) is 10.0 Å². The highest BCUT2D eigenvalue weighted by molar-refractivity contribution is 6.36. The van der Waals surface area contributed by atoms with Gasteiger partial charge in [-0.2, -0.15) is 5.26 Å². The van der Waals surface area contributed by atoms with E-state index in [1.807, 2.05) is 42.5 Å². The summed E-state index contributed by atoms with van der Waals surface area (Å²) in [5.74, 6) is -0.432. The third kappa shape index (κ3) is 4.30. The van der Waals surface area contributed by atoms with E-state index in [-0.39, 0.29) is 17.9 Å². The zero-order chi connectivity index (χ0) is 24.5. The van der Waals surface area contributed by atoms with E-state index in [0.29, 0.717) is 32.7 Å². The molecule has 172 valence electrons. The summed E-state index contributed by atoms with van der Waals surface area (Å²) in [4.78, 5) is 12.8. The molecule has 0 saturated heterocycles. The van der Waals surface area contributed by atoms with Crippen molar-refractivity contribution in [1.29, 1.82) is 5.26 Å². The van der Waals surface area contributed by atoms with Crippen LogP contribution in [0.3, 0.4) is 0 Å². The van der Waals surface area contributed by atoms with Crippen molar-refractivity contribution < 1.29 is 14.3 Å². The molecule has 1 atom stereocenters. The van der Waals surface area contributed by atoms with Gasteiger partial charge in [0.05, 0.1) is 12.3 Å². The average molecular weight is 501 g/mol. The predicted octanol–water partition coefficient (Wildman–Crippen LogP) is 6.51. The second kappa shape index (κ2) is 9.34. The van der Waals surface area contributed by atoms with Crippen LogP contribution in [0.1, 0.15) is 22.6 Å². The topological polar surface area (TPSA) is 85.3 Å². The minimum atomic E-state index is -0.620. The Morgan fingerprint density at radius 3 is 2.49 bits per heavy atom. The highest BCUT2D eigenvalue weighted by Gasteiger charge is 2.33. The highest BCUT2D eigenvalue weighted by Crippen LogP contribution is 2.47. The molecule has 5 rings (SSSR count). The number of allylic oxidation sites excluding steroid dienone is 1. The first-order valence-corrected chi connectivity index (χ1v) is 11.5. The SMILES string of the molecule is N#CC1=C(N)Oc2cc(OC(=O)Cc3cccc4ccccc34)ccc2C1c1c(Cl)cccc1Cl. The molecular formula is C28H18Cl2N2O3. The molecule has 1 unspecified atom stereocenters. The monoisotopic (exact) mass is 500 g/mol. The molecule has 1 aliphatic rings. The number of nitrogens with zero attached hydrogens (tertiary/aromatic N) is 1. The van der Waals surface area contributed by atoms with E-state index in [1.54, 1.807) is 36.4 Å². The van der Waals surface area contributed by atoms with Crippen LogP contribution in [0.15, 0.2) is 90.3 Å². The van der Waals surface area contributed by atoms with E-state index in [2.05, 4.69) is 6.07 Å². The largest absolute Gasteiger partial charge is 0.440 e. The van der Waals surface area contributed by atoms with Crippen LogP contribution in [0.4, 0.5) is 0 Å². The molecule has 2 N–H and O–H groups in total. The quantitative estimate of drug-likeness (QED) is 0.255. The number of ether oxygens (including phenoxy) is 2. The molecule has 0 aromatic heterocycles. The van der Waals surface area contributed by atoms with E-state index in [9.17, 15) is 10.1 Å². The van der Waals surface area contributed by atoms with Crippen LogP contribution in [-0.4, -0.2) is 5.97 Å². The maximum absolute atomic E-state index is 12.8. The Labute approximate surface area is 211 Å². The van der Waals surface area contributed by atoms with Crippen molar-refractivity contribution in [2.75, 3.05) is 0 Å². The van der Waals surface area contributed by atoms with E-state index in [1.165, 1.54) is 0 Å². The van der Waals surface area contributed by atoms with Crippen molar-refractivity contribution in [3.63, 3.8) is 0 Å². The fourth-order valence-corrected chi connectivity index (χ4v) is 4.97. The van der Waals surface area contributed by atoms with Gasteiger partial charge in [0.25, 0.3) is 0 Å². The van der Waals surface area contributed by atoms with Crippen molar-refractivity contribution in [3.05, 3.63) is 117 Å². The maximum Gasteiger partial charge on any atom is 0.315 e. The summed E-state index contributed by atoms with van der Waals surface area (Å²) < 4.78 is 11.3. The third-order valence-electron chi connectivity index (χ3n) is 5.93. The van der Waals surface area contributed by atoms with Gasteiger partial charge in [-0.15, -0.1) is 0 Å². The molecule has 4 aromatic carbocycles. The fraction of sp³-hybridized carbons (Fsp3) is 0.0714. The Kier molecular flexibility index (Phi) is 6.08. The van der Waals surface area contributed by atoms with Gasteiger partial charge in [-0.1, -0.05) is 77.8 Å². The van der Waals surface area contributed by atoms with Crippen LogP contribution < -0.4 is 15.2 Å². The number of esters is 1. The number of halogens is 2. The minimum absolute atomic E-state index is 0.0554. The van der Waals surface area contributed by atoms with E-state index in [4.69, 9.17) is 38.4 Å². The van der Waals surface area contributed by atoms with Crippen LogP contribution in [0.5, 0.6) is 11.5 Å². The van der Waals surface area contributed by atoms with E-state index < -0.39 is 11.9 Å². The first-order chi connectivity index (χ1) is 17.0. The van der Waals surface area contributed by atoms with Gasteiger partial charge < -0.3 is 15.2 Å². The number of carbonyl (C=O) groups excluding carboxylic acids is 1. The van der Waals surface area contributed by atoms with Gasteiger partial charge in [-0.25, -0.2) is 0 Å². The number of rotatable bonds is 4. The molecule has 0 spiro atoms. The summed E-state index contributed by atoms with van der Waals surface area (Å²) in [6.45, 7) is 0. The second-order valence-corrected chi connectivity index (χ2v) is 8.86. The Morgan fingerprint density at radius 1 is 1.00 bits per heavy atom. The summed E-state index contributed by atoms with van der Waals surface area (Å²) in [7, 11) is 0. The zero-order valence-electron chi connectivity index (χ0n) is 18.3. The van der Waals surface area contributed by atoms with E-state index in [0.717, 1.165) is 16.3 Å². The van der Waals surface area contributed by atoms with Crippen molar-refractivity contribution in [1.82, 2.24) is 0 Å². The predicted molar refractivity (Wildman–Crippen MR) is 135 cm³/mol. The molecule has 1 aliphatic heterocycles. The second-order valence-electron chi connectivity index (χ2n) is 8.05. The van der Waals surface area contributed by atoms with Gasteiger partial charge in [0.1, 0.15) is 23.1 Å². The Morgan fingerprint density at radius 2 is 1.71 bits per heavy atom. The van der Waals surface area contributed by atoms with Crippen LogP contribution in [0.25, 0.3) is 10.8 Å². The van der Waals surface area contributed by atoms with Crippen molar-refractivity contribution in [2.24, 2.45) is 5.73 Å². The summed E-state index contributed by atoms with van der Waals surface area (Å²) in [6, 6.07) is 25.9.